The number of nitrogens with one attached hydrogen (secondary N) is 2. The molecule has 0 aromatic heterocycles. The quantitative estimate of drug-likeness (QED) is 0.542. The molecule has 0 bridgehead atoms. The molecule has 0 radical (unpaired) electrons. The van der Waals surface area contributed by atoms with Crippen molar-refractivity contribution in [3.8, 4) is 5.75 Å². The first-order valence-corrected chi connectivity index (χ1v) is 5.65. The highest BCUT2D eigenvalue weighted by Gasteiger charge is 2.12. The van der Waals surface area contributed by atoms with Crippen LogP contribution in [-0.2, 0) is 0 Å². The second-order valence-electron chi connectivity index (χ2n) is 3.68. The van der Waals surface area contributed by atoms with Gasteiger partial charge in [-0.25, -0.2) is 9.59 Å². The molecule has 0 aliphatic carbocycles. The van der Waals surface area contributed by atoms with Crippen molar-refractivity contribution in [2.45, 2.75) is 6.42 Å². The highest BCUT2D eigenvalue weighted by atomic mass is 16.5. The molecule has 2 amide bonds. The van der Waals surface area contributed by atoms with E-state index in [4.69, 9.17) is 9.84 Å². The lowest BCUT2D eigenvalue weighted by atomic mass is 10.2. The lowest BCUT2D eigenvalue weighted by molar-refractivity contribution is 0.0693. The number of methoxy groups -OCH3 is 1. The van der Waals surface area contributed by atoms with Gasteiger partial charge in [0.2, 0.25) is 0 Å². The number of hydrogen-bond acceptors (Lipinski definition) is 3. The molecule has 0 saturated carbocycles. The smallest absolute Gasteiger partial charge is 0.339 e. The van der Waals surface area contributed by atoms with Gasteiger partial charge in [-0.05, 0) is 18.6 Å². The molecule has 1 aromatic rings. The van der Waals surface area contributed by atoms with Gasteiger partial charge >= 0.3 is 12.0 Å². The Labute approximate surface area is 111 Å². The normalized spacial score (nSPS) is 9.53. The van der Waals surface area contributed by atoms with E-state index in [2.05, 4.69) is 17.2 Å². The standard InChI is InChI=1S/C13H16N2O4/c1-3-4-7-14-13(18)15-9-5-6-10(12(16)17)11(8-9)19-2/h3,5-6,8H,1,4,7H2,2H3,(H,16,17)(H2,14,15,18). The summed E-state index contributed by atoms with van der Waals surface area (Å²) in [5, 5.41) is 14.1. The highest BCUT2D eigenvalue weighted by molar-refractivity contribution is 5.94. The van der Waals surface area contributed by atoms with Crippen LogP contribution >= 0.6 is 0 Å². The van der Waals surface area contributed by atoms with E-state index in [1.54, 1.807) is 6.08 Å². The summed E-state index contributed by atoms with van der Waals surface area (Å²) in [6.07, 6.45) is 2.37. The Kier molecular flexibility index (Phi) is 5.40. The number of anilines is 1. The lowest BCUT2D eigenvalue weighted by Gasteiger charge is -2.10. The number of carboxylic acids is 1. The van der Waals surface area contributed by atoms with Gasteiger partial charge in [-0.15, -0.1) is 6.58 Å². The molecule has 3 N–H and O–H groups in total. The third-order valence-corrected chi connectivity index (χ3v) is 2.32. The minimum atomic E-state index is -1.08. The van der Waals surface area contributed by atoms with Gasteiger partial charge in [-0.3, -0.25) is 0 Å². The molecular formula is C13H16N2O4. The van der Waals surface area contributed by atoms with Crippen molar-refractivity contribution in [3.05, 3.63) is 36.4 Å². The maximum atomic E-state index is 11.5. The zero-order valence-corrected chi connectivity index (χ0v) is 10.6. The van der Waals surface area contributed by atoms with E-state index in [0.717, 1.165) is 0 Å². The monoisotopic (exact) mass is 264 g/mol. The summed E-state index contributed by atoms with van der Waals surface area (Å²) in [6, 6.07) is 3.96. The van der Waals surface area contributed by atoms with Crippen molar-refractivity contribution in [1.29, 1.82) is 0 Å². The van der Waals surface area contributed by atoms with Crippen molar-refractivity contribution in [2.24, 2.45) is 0 Å². The molecule has 19 heavy (non-hydrogen) atoms. The predicted molar refractivity (Wildman–Crippen MR) is 71.8 cm³/mol. The van der Waals surface area contributed by atoms with Crippen molar-refractivity contribution < 1.29 is 19.4 Å². The van der Waals surface area contributed by atoms with Crippen LogP contribution in [0.1, 0.15) is 16.8 Å². The first kappa shape index (κ1) is 14.6. The van der Waals surface area contributed by atoms with Crippen LogP contribution in [-0.4, -0.2) is 30.8 Å². The average Bonchev–Trinajstić information content (AvgIpc) is 2.38. The molecule has 0 atom stereocenters. The number of hydrogen-bond donors (Lipinski definition) is 3. The zero-order chi connectivity index (χ0) is 14.3. The molecule has 0 fully saturated rings. The minimum absolute atomic E-state index is 0.0418. The molecule has 0 unspecified atom stereocenters. The third kappa shape index (κ3) is 4.34. The van der Waals surface area contributed by atoms with E-state index in [1.807, 2.05) is 0 Å². The first-order valence-electron chi connectivity index (χ1n) is 5.65. The number of carbonyl (C=O) groups is 2. The average molecular weight is 264 g/mol. The molecule has 1 aromatic carbocycles. The van der Waals surface area contributed by atoms with Crippen LogP contribution in [0.5, 0.6) is 5.75 Å². The van der Waals surface area contributed by atoms with Crippen molar-refractivity contribution in [1.82, 2.24) is 5.32 Å². The summed E-state index contributed by atoms with van der Waals surface area (Å²) in [4.78, 5) is 22.4. The molecule has 0 saturated heterocycles. The molecule has 0 aliphatic heterocycles. The second kappa shape index (κ2) is 7.05. The molecule has 0 heterocycles. The third-order valence-electron chi connectivity index (χ3n) is 2.32. The van der Waals surface area contributed by atoms with Crippen LogP contribution in [0, 0.1) is 0 Å². The SMILES string of the molecule is C=CCCNC(=O)Nc1ccc(C(=O)O)c(OC)c1. The van der Waals surface area contributed by atoms with Gasteiger partial charge in [0.1, 0.15) is 11.3 Å². The number of benzene rings is 1. The van der Waals surface area contributed by atoms with E-state index in [0.29, 0.717) is 18.7 Å². The number of carboxylic acid groups (broad SMARTS) is 1. The number of carbonyl (C=O) groups excluding carboxylic acids is 1. The predicted octanol–water partition coefficient (Wildman–Crippen LogP) is 2.09. The number of aromatic carboxylic acids is 1. The minimum Gasteiger partial charge on any atom is -0.496 e. The van der Waals surface area contributed by atoms with Gasteiger partial charge < -0.3 is 20.5 Å². The summed E-state index contributed by atoms with van der Waals surface area (Å²) in [5.41, 5.74) is 0.498. The van der Waals surface area contributed by atoms with E-state index < -0.39 is 5.97 Å². The summed E-state index contributed by atoms with van der Waals surface area (Å²) >= 11 is 0. The molecule has 0 spiro atoms. The van der Waals surface area contributed by atoms with Crippen LogP contribution in [0.4, 0.5) is 10.5 Å². The van der Waals surface area contributed by atoms with Gasteiger partial charge in [-0.1, -0.05) is 6.08 Å². The van der Waals surface area contributed by atoms with Crippen LogP contribution in [0.3, 0.4) is 0 Å². The van der Waals surface area contributed by atoms with Gasteiger partial charge in [-0.2, -0.15) is 0 Å². The molecule has 0 aliphatic rings. The molecule has 102 valence electrons. The first-order chi connectivity index (χ1) is 9.08. The summed E-state index contributed by atoms with van der Waals surface area (Å²) in [6.45, 7) is 4.03. The Hall–Kier alpha value is -2.50. The number of rotatable bonds is 6. The van der Waals surface area contributed by atoms with Gasteiger partial charge in [0.05, 0.1) is 7.11 Å². The topological polar surface area (TPSA) is 87.7 Å². The fourth-order valence-corrected chi connectivity index (χ4v) is 1.41. The molecule has 1 rings (SSSR count). The maximum Gasteiger partial charge on any atom is 0.339 e. The van der Waals surface area contributed by atoms with Crippen molar-refractivity contribution in [2.75, 3.05) is 19.0 Å². The van der Waals surface area contributed by atoms with E-state index in [9.17, 15) is 9.59 Å². The number of ether oxygens (including phenoxy) is 1. The summed E-state index contributed by atoms with van der Waals surface area (Å²) < 4.78 is 4.96. The van der Waals surface area contributed by atoms with Crippen molar-refractivity contribution in [3.63, 3.8) is 0 Å². The Morgan fingerprint density at radius 3 is 2.79 bits per heavy atom. The Morgan fingerprint density at radius 1 is 1.47 bits per heavy atom. The zero-order valence-electron chi connectivity index (χ0n) is 10.6. The largest absolute Gasteiger partial charge is 0.496 e. The second-order valence-corrected chi connectivity index (χ2v) is 3.68. The van der Waals surface area contributed by atoms with Crippen LogP contribution in [0.2, 0.25) is 0 Å². The number of amides is 2. The Balaban J connectivity index is 2.71. The van der Waals surface area contributed by atoms with Crippen LogP contribution in [0.25, 0.3) is 0 Å². The lowest BCUT2D eigenvalue weighted by Crippen LogP contribution is -2.29. The van der Waals surface area contributed by atoms with Crippen LogP contribution in [0.15, 0.2) is 30.9 Å². The van der Waals surface area contributed by atoms with Gasteiger partial charge in [0, 0.05) is 18.3 Å². The van der Waals surface area contributed by atoms with E-state index in [-0.39, 0.29) is 17.3 Å². The van der Waals surface area contributed by atoms with E-state index in [1.165, 1.54) is 25.3 Å². The van der Waals surface area contributed by atoms with Crippen molar-refractivity contribution >= 4 is 17.7 Å². The maximum absolute atomic E-state index is 11.5. The molecular weight excluding hydrogens is 248 g/mol. The summed E-state index contributed by atoms with van der Waals surface area (Å²) in [5.74, 6) is -0.893. The molecule has 6 nitrogen and oxygen atoms in total. The van der Waals surface area contributed by atoms with Crippen LogP contribution < -0.4 is 15.4 Å². The Bertz CT molecular complexity index is 486. The highest BCUT2D eigenvalue weighted by Crippen LogP contribution is 2.23. The Morgan fingerprint density at radius 2 is 2.21 bits per heavy atom. The number of urea groups is 1. The molecule has 6 heteroatoms. The van der Waals surface area contributed by atoms with Gasteiger partial charge in [0.15, 0.2) is 0 Å². The fourth-order valence-electron chi connectivity index (χ4n) is 1.41. The van der Waals surface area contributed by atoms with Gasteiger partial charge in [0.25, 0.3) is 0 Å². The fraction of sp³-hybridized carbons (Fsp3) is 0.231. The summed E-state index contributed by atoms with van der Waals surface area (Å²) in [7, 11) is 1.37. The van der Waals surface area contributed by atoms with E-state index >= 15 is 0 Å².